The van der Waals surface area contributed by atoms with Gasteiger partial charge in [0.15, 0.2) is 0 Å². The van der Waals surface area contributed by atoms with Crippen LogP contribution in [0.4, 0.5) is 8.78 Å². The van der Waals surface area contributed by atoms with E-state index in [1.165, 1.54) is 7.11 Å². The van der Waals surface area contributed by atoms with Crippen molar-refractivity contribution in [2.45, 2.75) is 13.0 Å². The number of carbonyl (C=O) groups excluding carboxylic acids is 1. The van der Waals surface area contributed by atoms with E-state index in [1.54, 1.807) is 24.3 Å². The molecule has 0 unspecified atom stereocenters. The lowest BCUT2D eigenvalue weighted by Gasteiger charge is -2.10. The number of hydrogen-bond donors (Lipinski definition) is 0. The standard InChI is InChI=1S/C16H14F2O3/c1-20-16(19)6-11-4-2-3-5-12(11)10-21-15-8-13(17)7-14(18)9-15/h2-5,7-9H,6,10H2,1H3. The Labute approximate surface area is 121 Å². The zero-order valence-corrected chi connectivity index (χ0v) is 11.4. The van der Waals surface area contributed by atoms with E-state index in [1.807, 2.05) is 0 Å². The van der Waals surface area contributed by atoms with Crippen LogP contribution >= 0.6 is 0 Å². The van der Waals surface area contributed by atoms with Crippen molar-refractivity contribution in [3.8, 4) is 5.75 Å². The molecular weight excluding hydrogens is 278 g/mol. The SMILES string of the molecule is COC(=O)Cc1ccccc1COc1cc(F)cc(F)c1. The number of rotatable bonds is 5. The monoisotopic (exact) mass is 292 g/mol. The Morgan fingerprint density at radius 1 is 1.05 bits per heavy atom. The van der Waals surface area contributed by atoms with Crippen molar-refractivity contribution in [2.75, 3.05) is 7.11 Å². The molecule has 0 N–H and O–H groups in total. The van der Waals surface area contributed by atoms with E-state index < -0.39 is 11.6 Å². The maximum Gasteiger partial charge on any atom is 0.309 e. The number of hydrogen-bond acceptors (Lipinski definition) is 3. The van der Waals surface area contributed by atoms with Gasteiger partial charge in [-0.1, -0.05) is 24.3 Å². The largest absolute Gasteiger partial charge is 0.489 e. The molecule has 2 aromatic carbocycles. The van der Waals surface area contributed by atoms with E-state index >= 15 is 0 Å². The minimum absolute atomic E-state index is 0.0976. The van der Waals surface area contributed by atoms with Crippen LogP contribution in [0, 0.1) is 11.6 Å². The molecule has 0 amide bonds. The minimum Gasteiger partial charge on any atom is -0.489 e. The Bertz CT molecular complexity index is 621. The van der Waals surface area contributed by atoms with Crippen LogP contribution in [-0.2, 0) is 22.6 Å². The Hall–Kier alpha value is -2.43. The number of ether oxygens (including phenoxy) is 2. The van der Waals surface area contributed by atoms with Gasteiger partial charge < -0.3 is 9.47 Å². The van der Waals surface area contributed by atoms with Gasteiger partial charge in [-0.2, -0.15) is 0 Å². The predicted octanol–water partition coefficient (Wildman–Crippen LogP) is 3.26. The third-order valence-corrected chi connectivity index (χ3v) is 2.91. The topological polar surface area (TPSA) is 35.5 Å². The van der Waals surface area contributed by atoms with Gasteiger partial charge in [0.25, 0.3) is 0 Å². The van der Waals surface area contributed by atoms with Crippen molar-refractivity contribution in [1.29, 1.82) is 0 Å². The highest BCUT2D eigenvalue weighted by molar-refractivity contribution is 5.72. The number of esters is 1. The molecule has 2 rings (SSSR count). The Morgan fingerprint density at radius 2 is 1.67 bits per heavy atom. The van der Waals surface area contributed by atoms with Crippen LogP contribution in [0.1, 0.15) is 11.1 Å². The molecule has 0 aromatic heterocycles. The van der Waals surface area contributed by atoms with Gasteiger partial charge in [0.2, 0.25) is 0 Å². The summed E-state index contributed by atoms with van der Waals surface area (Å²) in [5.41, 5.74) is 1.51. The van der Waals surface area contributed by atoms with Crippen molar-refractivity contribution in [2.24, 2.45) is 0 Å². The maximum atomic E-state index is 13.1. The zero-order chi connectivity index (χ0) is 15.2. The van der Waals surface area contributed by atoms with Crippen molar-refractivity contribution in [3.05, 3.63) is 65.2 Å². The van der Waals surface area contributed by atoms with Crippen LogP contribution < -0.4 is 4.74 Å². The normalized spacial score (nSPS) is 10.2. The zero-order valence-electron chi connectivity index (χ0n) is 11.4. The van der Waals surface area contributed by atoms with Crippen molar-refractivity contribution < 1.29 is 23.0 Å². The van der Waals surface area contributed by atoms with Crippen molar-refractivity contribution in [1.82, 2.24) is 0 Å². The lowest BCUT2D eigenvalue weighted by Crippen LogP contribution is -2.08. The molecule has 0 aliphatic carbocycles. The van der Waals surface area contributed by atoms with Gasteiger partial charge in [0.1, 0.15) is 24.0 Å². The van der Waals surface area contributed by atoms with Gasteiger partial charge in [-0.3, -0.25) is 4.79 Å². The van der Waals surface area contributed by atoms with E-state index in [0.29, 0.717) is 0 Å². The van der Waals surface area contributed by atoms with Crippen LogP contribution in [0.2, 0.25) is 0 Å². The quantitative estimate of drug-likeness (QED) is 0.794. The molecule has 0 bridgehead atoms. The van der Waals surface area contributed by atoms with Crippen LogP contribution in [0.15, 0.2) is 42.5 Å². The molecule has 110 valence electrons. The van der Waals surface area contributed by atoms with E-state index in [9.17, 15) is 13.6 Å². The first-order valence-electron chi connectivity index (χ1n) is 6.31. The average molecular weight is 292 g/mol. The molecule has 3 nitrogen and oxygen atoms in total. The Balaban J connectivity index is 2.10. The first kappa shape index (κ1) is 15.0. The molecule has 5 heteroatoms. The summed E-state index contributed by atoms with van der Waals surface area (Å²) in [7, 11) is 1.32. The number of halogens is 2. The lowest BCUT2D eigenvalue weighted by molar-refractivity contribution is -0.139. The fraction of sp³-hybridized carbons (Fsp3) is 0.188. The molecule has 0 saturated heterocycles. The van der Waals surface area contributed by atoms with Gasteiger partial charge >= 0.3 is 5.97 Å². The molecule has 0 aliphatic rings. The van der Waals surface area contributed by atoms with E-state index in [0.717, 1.165) is 29.3 Å². The maximum absolute atomic E-state index is 13.1. The fourth-order valence-electron chi connectivity index (χ4n) is 1.87. The lowest BCUT2D eigenvalue weighted by atomic mass is 10.1. The molecule has 0 aliphatic heterocycles. The fourth-order valence-corrected chi connectivity index (χ4v) is 1.87. The smallest absolute Gasteiger partial charge is 0.309 e. The molecule has 0 heterocycles. The number of carbonyl (C=O) groups is 1. The van der Waals surface area contributed by atoms with E-state index in [-0.39, 0.29) is 24.7 Å². The molecule has 0 saturated carbocycles. The third-order valence-electron chi connectivity index (χ3n) is 2.91. The average Bonchev–Trinajstić information content (AvgIpc) is 2.45. The van der Waals surface area contributed by atoms with Crippen molar-refractivity contribution in [3.63, 3.8) is 0 Å². The summed E-state index contributed by atoms with van der Waals surface area (Å²) in [4.78, 5) is 11.3. The third kappa shape index (κ3) is 4.27. The second-order valence-electron chi connectivity index (χ2n) is 4.42. The highest BCUT2D eigenvalue weighted by atomic mass is 19.1. The highest BCUT2D eigenvalue weighted by Crippen LogP contribution is 2.18. The summed E-state index contributed by atoms with van der Waals surface area (Å²) in [6, 6.07) is 10.1. The van der Waals surface area contributed by atoms with E-state index in [4.69, 9.17) is 4.74 Å². The van der Waals surface area contributed by atoms with Crippen LogP contribution in [0.5, 0.6) is 5.75 Å². The number of methoxy groups -OCH3 is 1. The Morgan fingerprint density at radius 3 is 2.29 bits per heavy atom. The Kier molecular flexibility index (Phi) is 4.87. The molecular formula is C16H14F2O3. The number of benzene rings is 2. The minimum atomic E-state index is -0.701. The first-order valence-corrected chi connectivity index (χ1v) is 6.31. The molecule has 0 atom stereocenters. The van der Waals surface area contributed by atoms with Crippen LogP contribution in [0.25, 0.3) is 0 Å². The van der Waals surface area contributed by atoms with E-state index in [2.05, 4.69) is 4.74 Å². The summed E-state index contributed by atoms with van der Waals surface area (Å²) in [6.07, 6.45) is 0.119. The highest BCUT2D eigenvalue weighted by Gasteiger charge is 2.09. The molecule has 0 fully saturated rings. The second kappa shape index (κ2) is 6.83. The molecule has 0 radical (unpaired) electrons. The summed E-state index contributed by atoms with van der Waals surface area (Å²) in [6.45, 7) is 0.107. The van der Waals surface area contributed by atoms with Crippen molar-refractivity contribution >= 4 is 5.97 Å². The van der Waals surface area contributed by atoms with Crippen LogP contribution in [-0.4, -0.2) is 13.1 Å². The summed E-state index contributed by atoms with van der Waals surface area (Å²) >= 11 is 0. The second-order valence-corrected chi connectivity index (χ2v) is 4.42. The van der Waals surface area contributed by atoms with Crippen LogP contribution in [0.3, 0.4) is 0 Å². The van der Waals surface area contributed by atoms with Gasteiger partial charge in [-0.15, -0.1) is 0 Å². The molecule has 2 aromatic rings. The summed E-state index contributed by atoms with van der Waals surface area (Å²) < 4.78 is 36.1. The summed E-state index contributed by atoms with van der Waals surface area (Å²) in [5.74, 6) is -1.67. The molecule has 21 heavy (non-hydrogen) atoms. The molecule has 0 spiro atoms. The van der Waals surface area contributed by atoms with Gasteiger partial charge in [0.05, 0.1) is 13.5 Å². The first-order chi connectivity index (χ1) is 10.1. The predicted molar refractivity (Wildman–Crippen MR) is 72.9 cm³/mol. The van der Waals surface area contributed by atoms with Gasteiger partial charge in [-0.25, -0.2) is 8.78 Å². The summed E-state index contributed by atoms with van der Waals surface area (Å²) in [5, 5.41) is 0. The van der Waals surface area contributed by atoms with Gasteiger partial charge in [-0.05, 0) is 11.1 Å². The van der Waals surface area contributed by atoms with Gasteiger partial charge in [0, 0.05) is 18.2 Å².